The van der Waals surface area contributed by atoms with Crippen molar-refractivity contribution in [1.29, 1.82) is 0 Å². The van der Waals surface area contributed by atoms with Gasteiger partial charge >= 0.3 is 0 Å². The summed E-state index contributed by atoms with van der Waals surface area (Å²) < 4.78 is 0. The molecule has 0 aliphatic carbocycles. The standard InChI is InChI=1S/C14H8B6OS/c1-4-6(15)3-5(8(16)13(4)21)7-9(17)10(18)11(19)12(20)14(7)22-2/h3,21H,1-2H3. The van der Waals surface area contributed by atoms with Crippen molar-refractivity contribution >= 4 is 91.6 Å². The lowest BCUT2D eigenvalue weighted by Gasteiger charge is -2.24. The van der Waals surface area contributed by atoms with E-state index in [4.69, 9.17) is 47.1 Å². The Morgan fingerprint density at radius 1 is 0.864 bits per heavy atom. The van der Waals surface area contributed by atoms with E-state index in [-0.39, 0.29) is 27.6 Å². The molecule has 0 bridgehead atoms. The number of phenolic OH excluding ortho intramolecular Hbond substituents is 1. The predicted octanol–water partition coefficient (Wildman–Crippen LogP) is -3.15. The molecule has 0 unspecified atom stereocenters. The van der Waals surface area contributed by atoms with E-state index in [0.717, 1.165) is 0 Å². The fourth-order valence-corrected chi connectivity index (χ4v) is 3.05. The molecule has 22 heavy (non-hydrogen) atoms. The van der Waals surface area contributed by atoms with Crippen LogP contribution in [0.1, 0.15) is 5.56 Å². The molecule has 2 aromatic rings. The molecule has 0 aliphatic heterocycles. The molecule has 2 aromatic carbocycles. The summed E-state index contributed by atoms with van der Waals surface area (Å²) in [5.74, 6) is -0.0876. The molecular formula is C14H8B6OS. The average Bonchev–Trinajstić information content (AvgIpc) is 2.50. The van der Waals surface area contributed by atoms with E-state index in [1.807, 2.05) is 6.26 Å². The van der Waals surface area contributed by atoms with Gasteiger partial charge in [0.1, 0.15) is 52.8 Å². The van der Waals surface area contributed by atoms with Gasteiger partial charge in [-0.1, -0.05) is 22.5 Å². The van der Waals surface area contributed by atoms with Gasteiger partial charge in [0, 0.05) is 4.90 Å². The lowest BCUT2D eigenvalue weighted by molar-refractivity contribution is 0.476. The van der Waals surface area contributed by atoms with Crippen LogP contribution in [0.4, 0.5) is 0 Å². The monoisotopic (exact) mass is 290 g/mol. The van der Waals surface area contributed by atoms with Gasteiger partial charge in [-0.05, 0) is 35.3 Å². The van der Waals surface area contributed by atoms with Crippen LogP contribution in [-0.4, -0.2) is 58.4 Å². The largest absolute Gasteiger partial charge is 0.508 e. The zero-order chi connectivity index (χ0) is 16.8. The number of rotatable bonds is 2. The Kier molecular flexibility index (Phi) is 4.91. The summed E-state index contributed by atoms with van der Waals surface area (Å²) in [5.41, 5.74) is 3.05. The first-order chi connectivity index (χ1) is 10.2. The minimum atomic E-state index is -0.0876. The molecule has 0 spiro atoms. The Morgan fingerprint density at radius 2 is 1.41 bits per heavy atom. The number of benzene rings is 2. The highest BCUT2D eigenvalue weighted by atomic mass is 32.2. The molecule has 12 radical (unpaired) electrons. The summed E-state index contributed by atoms with van der Waals surface area (Å²) in [6.45, 7) is 1.68. The smallest absolute Gasteiger partial charge is 0.119 e. The Morgan fingerprint density at radius 3 is 1.95 bits per heavy atom. The molecule has 1 N–H and O–H groups in total. The minimum absolute atomic E-state index is 0.0876. The minimum Gasteiger partial charge on any atom is -0.508 e. The molecule has 0 aliphatic rings. The van der Waals surface area contributed by atoms with Gasteiger partial charge in [-0.2, -0.15) is 0 Å². The van der Waals surface area contributed by atoms with E-state index >= 15 is 0 Å². The Labute approximate surface area is 143 Å². The summed E-state index contributed by atoms with van der Waals surface area (Å²) in [4.78, 5) is 0.638. The number of thioether (sulfide) groups is 1. The molecule has 2 rings (SSSR count). The summed E-state index contributed by atoms with van der Waals surface area (Å²) in [6.07, 6.45) is 1.83. The van der Waals surface area contributed by atoms with E-state index in [1.54, 1.807) is 13.0 Å². The quantitative estimate of drug-likeness (QED) is 0.466. The molecule has 0 fully saturated rings. The van der Waals surface area contributed by atoms with Crippen LogP contribution in [0.15, 0.2) is 11.0 Å². The molecule has 0 aromatic heterocycles. The highest BCUT2D eigenvalue weighted by Crippen LogP contribution is 2.27. The van der Waals surface area contributed by atoms with Crippen LogP contribution >= 0.6 is 11.8 Å². The maximum atomic E-state index is 10.1. The second-order valence-corrected chi connectivity index (χ2v) is 5.78. The van der Waals surface area contributed by atoms with Crippen molar-refractivity contribution in [3.05, 3.63) is 11.6 Å². The lowest BCUT2D eigenvalue weighted by atomic mass is 9.63. The van der Waals surface area contributed by atoms with E-state index in [2.05, 4.69) is 0 Å². The van der Waals surface area contributed by atoms with Crippen LogP contribution in [0, 0.1) is 6.92 Å². The molecule has 94 valence electrons. The predicted molar refractivity (Wildman–Crippen MR) is 102 cm³/mol. The maximum Gasteiger partial charge on any atom is 0.119 e. The number of aromatic hydroxyl groups is 1. The highest BCUT2D eigenvalue weighted by molar-refractivity contribution is 7.99. The lowest BCUT2D eigenvalue weighted by Crippen LogP contribution is -2.49. The van der Waals surface area contributed by atoms with Crippen molar-refractivity contribution in [1.82, 2.24) is 0 Å². The molecule has 0 saturated heterocycles. The van der Waals surface area contributed by atoms with Crippen molar-refractivity contribution in [2.45, 2.75) is 11.8 Å². The third kappa shape index (κ3) is 2.56. The van der Waals surface area contributed by atoms with Crippen molar-refractivity contribution in [3.8, 4) is 16.9 Å². The van der Waals surface area contributed by atoms with Crippen LogP contribution in [0.5, 0.6) is 5.75 Å². The van der Waals surface area contributed by atoms with Crippen LogP contribution in [0.3, 0.4) is 0 Å². The van der Waals surface area contributed by atoms with Gasteiger partial charge in [-0.3, -0.25) is 0 Å². The van der Waals surface area contributed by atoms with Gasteiger partial charge in [0.05, 0.1) is 0 Å². The first kappa shape index (κ1) is 17.3. The summed E-state index contributed by atoms with van der Waals surface area (Å²) in [7, 11) is 35.9. The molecular weight excluding hydrogens is 281 g/mol. The van der Waals surface area contributed by atoms with Gasteiger partial charge in [-0.25, -0.2) is 0 Å². The van der Waals surface area contributed by atoms with Crippen molar-refractivity contribution in [2.24, 2.45) is 0 Å². The Hall–Kier alpha value is -1.02. The van der Waals surface area contributed by atoms with Gasteiger partial charge in [0.15, 0.2) is 0 Å². The van der Waals surface area contributed by atoms with Crippen molar-refractivity contribution in [2.75, 3.05) is 6.26 Å². The highest BCUT2D eigenvalue weighted by Gasteiger charge is 2.18. The topological polar surface area (TPSA) is 20.2 Å². The van der Waals surface area contributed by atoms with Crippen LogP contribution in [0.25, 0.3) is 11.1 Å². The van der Waals surface area contributed by atoms with E-state index < -0.39 is 0 Å². The Bertz CT molecular complexity index is 775. The second kappa shape index (κ2) is 6.23. The zero-order valence-electron chi connectivity index (χ0n) is 12.4. The van der Waals surface area contributed by atoms with Crippen LogP contribution in [0.2, 0.25) is 0 Å². The molecule has 0 saturated carbocycles. The summed E-state index contributed by atoms with van der Waals surface area (Å²) >= 11 is 1.36. The maximum absolute atomic E-state index is 10.1. The van der Waals surface area contributed by atoms with Gasteiger partial charge in [0.25, 0.3) is 0 Å². The van der Waals surface area contributed by atoms with E-state index in [1.165, 1.54) is 11.8 Å². The average molecular weight is 289 g/mol. The Balaban J connectivity index is 2.96. The van der Waals surface area contributed by atoms with E-state index in [9.17, 15) is 5.11 Å². The molecule has 1 nitrogen and oxygen atoms in total. The van der Waals surface area contributed by atoms with E-state index in [0.29, 0.717) is 32.5 Å². The normalized spacial score (nSPS) is 10.8. The third-order valence-corrected chi connectivity index (χ3v) is 4.55. The van der Waals surface area contributed by atoms with Gasteiger partial charge < -0.3 is 5.11 Å². The van der Waals surface area contributed by atoms with Crippen LogP contribution < -0.4 is 32.8 Å². The fraction of sp³-hybridized carbons (Fsp3) is 0.143. The molecule has 8 heteroatoms. The fourth-order valence-electron chi connectivity index (χ4n) is 2.30. The summed E-state index contributed by atoms with van der Waals surface area (Å²) in [6, 6.07) is 1.64. The SMILES string of the molecule is [B]c1cc(-c2c([B])c([B])c([B])c([B])c2SC)c([B])c(O)c1C. The number of phenols is 1. The van der Waals surface area contributed by atoms with Crippen molar-refractivity contribution < 1.29 is 5.11 Å². The zero-order valence-corrected chi connectivity index (χ0v) is 13.2. The van der Waals surface area contributed by atoms with Crippen LogP contribution in [-0.2, 0) is 0 Å². The second-order valence-electron chi connectivity index (χ2n) is 4.96. The first-order valence-corrected chi connectivity index (χ1v) is 7.62. The van der Waals surface area contributed by atoms with Gasteiger partial charge in [-0.15, -0.1) is 22.7 Å². The molecule has 0 heterocycles. The number of hydrogen-bond acceptors (Lipinski definition) is 2. The third-order valence-electron chi connectivity index (χ3n) is 3.72. The van der Waals surface area contributed by atoms with Gasteiger partial charge in [0.2, 0.25) is 0 Å². The molecule has 0 amide bonds. The number of hydrogen-bond donors (Lipinski definition) is 1. The molecule has 0 atom stereocenters. The first-order valence-electron chi connectivity index (χ1n) is 6.40. The summed E-state index contributed by atoms with van der Waals surface area (Å²) in [5, 5.41) is 10.1. The van der Waals surface area contributed by atoms with Crippen molar-refractivity contribution in [3.63, 3.8) is 0 Å².